The highest BCUT2D eigenvalue weighted by atomic mass is 127. The van der Waals surface area contributed by atoms with E-state index in [4.69, 9.17) is 4.74 Å². The zero-order valence-electron chi connectivity index (χ0n) is 17.8. The Morgan fingerprint density at radius 2 is 1.90 bits per heavy atom. The Kier molecular flexibility index (Phi) is 11.0. The van der Waals surface area contributed by atoms with Crippen LogP contribution in [0.25, 0.3) is 0 Å². The van der Waals surface area contributed by atoms with Crippen LogP contribution < -0.4 is 15.4 Å². The lowest BCUT2D eigenvalue weighted by molar-refractivity contribution is 0.222. The smallest absolute Gasteiger partial charge is 0.191 e. The van der Waals surface area contributed by atoms with Crippen LogP contribution in [0.3, 0.4) is 0 Å². The van der Waals surface area contributed by atoms with Crippen LogP contribution in [0.2, 0.25) is 0 Å². The molecule has 160 valence electrons. The predicted octanol–water partition coefficient (Wildman–Crippen LogP) is 3.95. The lowest BCUT2D eigenvalue weighted by Crippen LogP contribution is -2.41. The predicted molar refractivity (Wildman–Crippen MR) is 129 cm³/mol. The average Bonchev–Trinajstić information content (AvgIpc) is 2.66. The first kappa shape index (κ1) is 25.2. The molecule has 1 unspecified atom stereocenters. The van der Waals surface area contributed by atoms with Crippen molar-refractivity contribution in [1.82, 2.24) is 15.5 Å². The van der Waals surface area contributed by atoms with Crippen LogP contribution in [-0.2, 0) is 13.1 Å². The number of nitrogens with zero attached hydrogens (tertiary/aromatic N) is 2. The van der Waals surface area contributed by atoms with Crippen molar-refractivity contribution in [3.05, 3.63) is 65.0 Å². The molecule has 0 amide bonds. The fourth-order valence-corrected chi connectivity index (χ4v) is 2.79. The van der Waals surface area contributed by atoms with Gasteiger partial charge in [0.2, 0.25) is 0 Å². The SMILES string of the molecule is CN=C(NCc1ccc(F)c(CN(C)C)c1)NCC(C)Oc1ccccc1C.I. The summed E-state index contributed by atoms with van der Waals surface area (Å²) < 4.78 is 19.9. The molecular weight excluding hydrogens is 482 g/mol. The van der Waals surface area contributed by atoms with Gasteiger partial charge in [0, 0.05) is 25.7 Å². The first-order valence-electron chi connectivity index (χ1n) is 9.48. The van der Waals surface area contributed by atoms with Gasteiger partial charge in [0.25, 0.3) is 0 Å². The van der Waals surface area contributed by atoms with E-state index in [1.54, 1.807) is 13.1 Å². The normalized spacial score (nSPS) is 12.3. The van der Waals surface area contributed by atoms with E-state index < -0.39 is 0 Å². The van der Waals surface area contributed by atoms with E-state index in [1.807, 2.05) is 63.2 Å². The van der Waals surface area contributed by atoms with Crippen LogP contribution >= 0.6 is 24.0 Å². The van der Waals surface area contributed by atoms with Gasteiger partial charge >= 0.3 is 0 Å². The number of hydrogen-bond acceptors (Lipinski definition) is 3. The standard InChI is InChI=1S/C22H31FN4O.HI/c1-16-8-6-7-9-21(16)28-17(2)13-25-22(24-3)26-14-18-10-11-20(23)19(12-18)15-27(4)5;/h6-12,17H,13-15H2,1-5H3,(H2,24,25,26);1H. The van der Waals surface area contributed by atoms with Gasteiger partial charge in [-0.2, -0.15) is 0 Å². The summed E-state index contributed by atoms with van der Waals surface area (Å²) >= 11 is 0. The maximum absolute atomic E-state index is 13.9. The van der Waals surface area contributed by atoms with Crippen molar-refractivity contribution in [2.75, 3.05) is 27.7 Å². The van der Waals surface area contributed by atoms with E-state index in [2.05, 4.69) is 15.6 Å². The molecule has 0 saturated heterocycles. The van der Waals surface area contributed by atoms with Gasteiger partial charge < -0.3 is 20.3 Å². The molecular formula is C22H32FIN4O. The van der Waals surface area contributed by atoms with Crippen LogP contribution in [0.5, 0.6) is 5.75 Å². The molecule has 2 rings (SSSR count). The third-order valence-electron chi connectivity index (χ3n) is 4.26. The van der Waals surface area contributed by atoms with Crippen molar-refractivity contribution in [2.45, 2.75) is 33.0 Å². The summed E-state index contributed by atoms with van der Waals surface area (Å²) in [6.07, 6.45) is -0.0165. The Labute approximate surface area is 190 Å². The van der Waals surface area contributed by atoms with Gasteiger partial charge in [-0.25, -0.2) is 4.39 Å². The van der Waals surface area contributed by atoms with Crippen LogP contribution in [0.15, 0.2) is 47.5 Å². The van der Waals surface area contributed by atoms with Crippen molar-refractivity contribution in [2.24, 2.45) is 4.99 Å². The van der Waals surface area contributed by atoms with Gasteiger partial charge in [-0.1, -0.05) is 24.3 Å². The zero-order chi connectivity index (χ0) is 20.5. The summed E-state index contributed by atoms with van der Waals surface area (Å²) in [7, 11) is 5.58. The highest BCUT2D eigenvalue weighted by molar-refractivity contribution is 14.0. The van der Waals surface area contributed by atoms with Gasteiger partial charge in [-0.3, -0.25) is 4.99 Å². The van der Waals surface area contributed by atoms with Crippen molar-refractivity contribution < 1.29 is 9.13 Å². The maximum Gasteiger partial charge on any atom is 0.191 e. The fraction of sp³-hybridized carbons (Fsp3) is 0.409. The molecule has 2 aromatic rings. The summed E-state index contributed by atoms with van der Waals surface area (Å²) in [6, 6.07) is 13.2. The minimum Gasteiger partial charge on any atom is -0.489 e. The number of guanidine groups is 1. The second-order valence-corrected chi connectivity index (χ2v) is 7.16. The van der Waals surface area contributed by atoms with E-state index in [0.29, 0.717) is 31.2 Å². The van der Waals surface area contributed by atoms with Crippen LogP contribution in [0.1, 0.15) is 23.6 Å². The quantitative estimate of drug-likeness (QED) is 0.319. The van der Waals surface area contributed by atoms with Crippen molar-refractivity contribution in [3.63, 3.8) is 0 Å². The number of benzene rings is 2. The third-order valence-corrected chi connectivity index (χ3v) is 4.26. The number of ether oxygens (including phenoxy) is 1. The molecule has 0 heterocycles. The molecule has 0 spiro atoms. The third kappa shape index (κ3) is 8.57. The zero-order valence-corrected chi connectivity index (χ0v) is 20.2. The maximum atomic E-state index is 13.9. The molecule has 0 bridgehead atoms. The topological polar surface area (TPSA) is 48.9 Å². The summed E-state index contributed by atoms with van der Waals surface area (Å²) in [5.74, 6) is 1.39. The van der Waals surface area contributed by atoms with Gasteiger partial charge in [0.1, 0.15) is 17.7 Å². The summed E-state index contributed by atoms with van der Waals surface area (Å²) in [6.45, 7) is 5.79. The first-order valence-corrected chi connectivity index (χ1v) is 9.48. The highest BCUT2D eigenvalue weighted by Crippen LogP contribution is 2.17. The number of para-hydroxylation sites is 1. The molecule has 1 atom stereocenters. The number of halogens is 2. The van der Waals surface area contributed by atoms with E-state index >= 15 is 0 Å². The second-order valence-electron chi connectivity index (χ2n) is 7.16. The Morgan fingerprint density at radius 1 is 1.17 bits per heavy atom. The lowest BCUT2D eigenvalue weighted by atomic mass is 10.1. The molecule has 0 saturated carbocycles. The Morgan fingerprint density at radius 3 is 2.55 bits per heavy atom. The van der Waals surface area contributed by atoms with Gasteiger partial charge in [0.05, 0.1) is 6.54 Å². The number of aliphatic imine (C=N–C) groups is 1. The number of nitrogens with one attached hydrogen (secondary N) is 2. The molecule has 5 nitrogen and oxygen atoms in total. The van der Waals surface area contributed by atoms with E-state index in [9.17, 15) is 4.39 Å². The van der Waals surface area contributed by atoms with Crippen molar-refractivity contribution in [3.8, 4) is 5.75 Å². The average molecular weight is 514 g/mol. The molecule has 0 fully saturated rings. The van der Waals surface area contributed by atoms with Crippen LogP contribution in [0, 0.1) is 12.7 Å². The van der Waals surface area contributed by atoms with E-state index in [1.165, 1.54) is 6.07 Å². The Balaban J connectivity index is 0.00000420. The minimum atomic E-state index is -0.179. The molecule has 0 aliphatic rings. The molecule has 2 N–H and O–H groups in total. The van der Waals surface area contributed by atoms with Crippen LogP contribution in [0.4, 0.5) is 4.39 Å². The Bertz CT molecular complexity index is 798. The lowest BCUT2D eigenvalue weighted by Gasteiger charge is -2.19. The summed E-state index contributed by atoms with van der Waals surface area (Å²) in [5, 5.41) is 6.53. The van der Waals surface area contributed by atoms with E-state index in [0.717, 1.165) is 16.9 Å². The van der Waals surface area contributed by atoms with Crippen LogP contribution in [-0.4, -0.2) is 44.7 Å². The highest BCUT2D eigenvalue weighted by Gasteiger charge is 2.08. The Hall–Kier alpha value is -1.87. The van der Waals surface area contributed by atoms with Crippen molar-refractivity contribution >= 4 is 29.9 Å². The monoisotopic (exact) mass is 514 g/mol. The molecule has 0 aromatic heterocycles. The van der Waals surface area contributed by atoms with Crippen molar-refractivity contribution in [1.29, 1.82) is 0 Å². The molecule has 0 aliphatic heterocycles. The van der Waals surface area contributed by atoms with Gasteiger partial charge in [-0.05, 0) is 57.3 Å². The molecule has 0 radical (unpaired) electrons. The second kappa shape index (κ2) is 12.6. The summed E-state index contributed by atoms with van der Waals surface area (Å²) in [5.41, 5.74) is 2.81. The number of hydrogen-bond donors (Lipinski definition) is 2. The largest absolute Gasteiger partial charge is 0.489 e. The van der Waals surface area contributed by atoms with Gasteiger partial charge in [-0.15, -0.1) is 24.0 Å². The molecule has 2 aromatic carbocycles. The minimum absolute atomic E-state index is 0. The van der Waals surface area contributed by atoms with E-state index in [-0.39, 0.29) is 35.9 Å². The molecule has 29 heavy (non-hydrogen) atoms. The first-order chi connectivity index (χ1) is 13.4. The molecule has 7 heteroatoms. The van der Waals surface area contributed by atoms with Gasteiger partial charge in [0.15, 0.2) is 5.96 Å². The number of aryl methyl sites for hydroxylation is 1. The number of rotatable bonds is 8. The fourth-order valence-electron chi connectivity index (χ4n) is 2.79. The molecule has 0 aliphatic carbocycles. The summed E-state index contributed by atoms with van der Waals surface area (Å²) in [4.78, 5) is 6.19.